The van der Waals surface area contributed by atoms with E-state index in [1.54, 1.807) is 0 Å². The maximum absolute atomic E-state index is 13.4. The van der Waals surface area contributed by atoms with Gasteiger partial charge in [-0.15, -0.1) is 0 Å². The lowest BCUT2D eigenvalue weighted by Crippen LogP contribution is -2.43. The number of aliphatic hydroxyl groups is 2. The highest BCUT2D eigenvalue weighted by Gasteiger charge is 2.42. The van der Waals surface area contributed by atoms with E-state index in [1.165, 1.54) is 6.92 Å². The lowest BCUT2D eigenvalue weighted by Gasteiger charge is -2.44. The minimum Gasteiger partial charge on any atom is -0.481 e. The summed E-state index contributed by atoms with van der Waals surface area (Å²) in [6, 6.07) is 0. The maximum Gasteiger partial charge on any atom is 0.311 e. The second kappa shape index (κ2) is 12.0. The van der Waals surface area contributed by atoms with Crippen LogP contribution in [0.25, 0.3) is 0 Å². The molecule has 0 bridgehead atoms. The Kier molecular flexibility index (Phi) is 7.38. The lowest BCUT2D eigenvalue weighted by molar-refractivity contribution is -0.164. The van der Waals surface area contributed by atoms with Crippen molar-refractivity contribution in [2.75, 3.05) is 0 Å². The molecule has 2 aliphatic carbocycles. The Morgan fingerprint density at radius 2 is 1.97 bits per heavy atom. The Bertz CT molecular complexity index is 873. The van der Waals surface area contributed by atoms with Gasteiger partial charge in [0.2, 0.25) is 0 Å². The Morgan fingerprint density at radius 3 is 2.56 bits per heavy atom. The Hall–Kier alpha value is -1.70. The van der Waals surface area contributed by atoms with Gasteiger partial charge in [-0.1, -0.05) is 39.0 Å². The van der Waals surface area contributed by atoms with Gasteiger partial charge in [0.05, 0.1) is 24.0 Å². The summed E-state index contributed by atoms with van der Waals surface area (Å²) in [7, 11) is 0. The zero-order chi connectivity index (χ0) is 28.3. The fourth-order valence-electron chi connectivity index (χ4n) is 4.71. The molecule has 7 nitrogen and oxygen atoms in total. The summed E-state index contributed by atoms with van der Waals surface area (Å²) < 4.78 is 53.3. The number of fused-ring (bicyclic) bond motifs is 1. The Labute approximate surface area is 200 Å². The maximum atomic E-state index is 13.4. The summed E-state index contributed by atoms with van der Waals surface area (Å²) in [5.41, 5.74) is -1.72. The Morgan fingerprint density at radius 1 is 1.28 bits per heavy atom. The standard InChI is InChI=1S/C25H40O6.H3N/c1-6-25(4,5)24(30)31-21-12-15(2)11-17-8-7-16(3)20(23(17)21)10-9-18(26)13-19(27)14-22(28)29;/h7-8,11,15-16,18-21,23,26-27H,6,9-10,12-14H2,1-5H3,(H,28,29);1H3/t15-,16-,18+,19+,20-,21-,23-;/m0./s1/i4D3,5D3;. The van der Waals surface area contributed by atoms with E-state index in [9.17, 15) is 19.8 Å². The van der Waals surface area contributed by atoms with Gasteiger partial charge in [-0.2, -0.15) is 0 Å². The highest BCUT2D eigenvalue weighted by atomic mass is 16.5. The van der Waals surface area contributed by atoms with E-state index in [0.29, 0.717) is 12.8 Å². The van der Waals surface area contributed by atoms with Gasteiger partial charge in [-0.05, 0) is 69.1 Å². The van der Waals surface area contributed by atoms with Crippen LogP contribution < -0.4 is 6.15 Å². The van der Waals surface area contributed by atoms with Crippen LogP contribution in [0.1, 0.15) is 81.2 Å². The number of ether oxygens (including phenoxy) is 1. The molecule has 184 valence electrons. The number of rotatable bonds is 10. The van der Waals surface area contributed by atoms with E-state index < -0.39 is 62.2 Å². The first kappa shape index (κ1) is 19.7. The molecule has 6 N–H and O–H groups in total. The van der Waals surface area contributed by atoms with Gasteiger partial charge in [0.1, 0.15) is 6.10 Å². The molecule has 2 aliphatic rings. The molecule has 0 aromatic carbocycles. The van der Waals surface area contributed by atoms with E-state index >= 15 is 0 Å². The third-order valence-electron chi connectivity index (χ3n) is 6.52. The van der Waals surface area contributed by atoms with Crippen molar-refractivity contribution in [3.05, 3.63) is 23.8 Å². The van der Waals surface area contributed by atoms with Crippen LogP contribution in [0.2, 0.25) is 0 Å². The van der Waals surface area contributed by atoms with E-state index in [4.69, 9.17) is 18.1 Å². The molecule has 0 aromatic heterocycles. The number of aliphatic hydroxyl groups excluding tert-OH is 2. The summed E-state index contributed by atoms with van der Waals surface area (Å²) in [5.74, 6) is -2.79. The first-order valence-corrected chi connectivity index (χ1v) is 11.1. The molecule has 7 atom stereocenters. The molecule has 7 heteroatoms. The van der Waals surface area contributed by atoms with Crippen molar-refractivity contribution in [2.45, 2.75) is 91.3 Å². The van der Waals surface area contributed by atoms with E-state index in [0.717, 1.165) is 5.57 Å². The van der Waals surface area contributed by atoms with Crippen molar-refractivity contribution < 1.29 is 37.9 Å². The minimum absolute atomic E-state index is 0. The van der Waals surface area contributed by atoms with E-state index in [1.807, 2.05) is 26.0 Å². The van der Waals surface area contributed by atoms with Crippen LogP contribution in [0.4, 0.5) is 0 Å². The first-order valence-electron chi connectivity index (χ1n) is 14.1. The molecule has 0 saturated heterocycles. The molecule has 0 aliphatic heterocycles. The van der Waals surface area contributed by atoms with E-state index in [-0.39, 0.29) is 42.7 Å². The van der Waals surface area contributed by atoms with Crippen molar-refractivity contribution in [2.24, 2.45) is 29.1 Å². The average Bonchev–Trinajstić information content (AvgIpc) is 2.71. The number of aliphatic carboxylic acids is 1. The summed E-state index contributed by atoms with van der Waals surface area (Å²) in [6.45, 7) is -0.893. The van der Waals surface area contributed by atoms with Crippen molar-refractivity contribution in [3.63, 3.8) is 0 Å². The normalized spacial score (nSPS) is 32.8. The number of carboxylic acids is 1. The number of carbonyl (C=O) groups is 2. The fraction of sp³-hybridized carbons (Fsp3) is 0.760. The number of allylic oxidation sites excluding steroid dienone is 3. The van der Waals surface area contributed by atoms with E-state index in [2.05, 4.69) is 6.08 Å². The highest BCUT2D eigenvalue weighted by molar-refractivity contribution is 5.76. The predicted octanol–water partition coefficient (Wildman–Crippen LogP) is 4.27. The summed E-state index contributed by atoms with van der Waals surface area (Å²) in [6.07, 6.45) is 3.39. The molecule has 2 rings (SSSR count). The molecule has 32 heavy (non-hydrogen) atoms. The van der Waals surface area contributed by atoms with Crippen molar-refractivity contribution >= 4 is 11.9 Å². The second-order valence-corrected chi connectivity index (χ2v) is 9.21. The largest absolute Gasteiger partial charge is 0.481 e. The number of carboxylic acid groups (broad SMARTS) is 1. The summed E-state index contributed by atoms with van der Waals surface area (Å²) in [4.78, 5) is 24.2. The van der Waals surface area contributed by atoms with Gasteiger partial charge in [0, 0.05) is 14.1 Å². The topological polar surface area (TPSA) is 139 Å². The molecule has 0 saturated carbocycles. The number of hydrogen-bond donors (Lipinski definition) is 4. The quantitative estimate of drug-likeness (QED) is 0.358. The molecule has 0 radical (unpaired) electrons. The SMILES string of the molecule is N.[2H]C([2H])([2H])C(CC)(C(=O)O[C@H]1C[C@@H](C)C=C2C=C[C@H](C)[C@H](CC[C@@H](O)C[C@@H](O)CC(=O)O)[C@H]21)C([2H])([2H])[2H]. The second-order valence-electron chi connectivity index (χ2n) is 9.21. The number of hydrogen-bond acceptors (Lipinski definition) is 6. The zero-order valence-corrected chi connectivity index (χ0v) is 19.3. The van der Waals surface area contributed by atoms with Crippen LogP contribution in [0.15, 0.2) is 23.8 Å². The Balaban J connectivity index is 0.00000722. The predicted molar refractivity (Wildman–Crippen MR) is 124 cm³/mol. The molecule has 0 heterocycles. The van der Waals surface area contributed by atoms with Gasteiger partial charge < -0.3 is 26.2 Å². The summed E-state index contributed by atoms with van der Waals surface area (Å²) >= 11 is 0. The fourth-order valence-corrected chi connectivity index (χ4v) is 4.71. The molecular weight excluding hydrogens is 410 g/mol. The monoisotopic (exact) mass is 459 g/mol. The van der Waals surface area contributed by atoms with Gasteiger partial charge in [-0.3, -0.25) is 9.59 Å². The molecule has 0 amide bonds. The van der Waals surface area contributed by atoms with Gasteiger partial charge >= 0.3 is 11.9 Å². The van der Waals surface area contributed by atoms with Gasteiger partial charge in [0.15, 0.2) is 0 Å². The molecule has 0 fully saturated rings. The number of esters is 1. The van der Waals surface area contributed by atoms with Crippen LogP contribution in [0.3, 0.4) is 0 Å². The third kappa shape index (κ3) is 7.42. The first-order chi connectivity index (χ1) is 16.9. The molecular formula is C25H43NO6. The average molecular weight is 460 g/mol. The summed E-state index contributed by atoms with van der Waals surface area (Å²) in [5, 5.41) is 29.1. The third-order valence-corrected chi connectivity index (χ3v) is 6.52. The van der Waals surface area contributed by atoms with Crippen molar-refractivity contribution in [3.8, 4) is 0 Å². The van der Waals surface area contributed by atoms with Gasteiger partial charge in [0.25, 0.3) is 0 Å². The number of carbonyl (C=O) groups excluding carboxylic acids is 1. The lowest BCUT2D eigenvalue weighted by atomic mass is 9.65. The van der Waals surface area contributed by atoms with Gasteiger partial charge in [-0.25, -0.2) is 0 Å². The molecule has 0 aromatic rings. The molecule has 0 spiro atoms. The minimum atomic E-state index is -3.09. The van der Waals surface area contributed by atoms with Crippen LogP contribution in [0, 0.1) is 29.1 Å². The van der Waals surface area contributed by atoms with Crippen molar-refractivity contribution in [1.29, 1.82) is 0 Å². The van der Waals surface area contributed by atoms with Crippen LogP contribution in [-0.2, 0) is 14.3 Å². The van der Waals surface area contributed by atoms with Crippen molar-refractivity contribution in [1.82, 2.24) is 6.15 Å². The zero-order valence-electron chi connectivity index (χ0n) is 25.3. The van der Waals surface area contributed by atoms with Crippen LogP contribution in [0.5, 0.6) is 0 Å². The smallest absolute Gasteiger partial charge is 0.311 e. The van der Waals surface area contributed by atoms with Crippen LogP contribution in [-0.4, -0.2) is 45.6 Å². The highest BCUT2D eigenvalue weighted by Crippen LogP contribution is 2.45. The van der Waals surface area contributed by atoms with Crippen LogP contribution >= 0.6 is 0 Å². The molecule has 0 unspecified atom stereocenters.